The Morgan fingerprint density at radius 3 is 2.00 bits per heavy atom. The molecule has 1 fully saturated rings. The lowest BCUT2D eigenvalue weighted by Crippen LogP contribution is -3.00. The van der Waals surface area contributed by atoms with E-state index in [2.05, 4.69) is 51.1 Å². The summed E-state index contributed by atoms with van der Waals surface area (Å²) in [6.45, 7) is 11.4. The van der Waals surface area contributed by atoms with E-state index < -0.39 is 5.60 Å². The zero-order valence-corrected chi connectivity index (χ0v) is 18.0. The zero-order valence-electron chi connectivity index (χ0n) is 15.8. The van der Waals surface area contributed by atoms with E-state index in [1.807, 2.05) is 0 Å². The molecule has 1 N–H and O–H groups in total. The fraction of sp³-hybridized carbons (Fsp3) is 0.714. The second-order valence-electron chi connectivity index (χ2n) is 7.39. The van der Waals surface area contributed by atoms with E-state index in [0.29, 0.717) is 5.92 Å². The van der Waals surface area contributed by atoms with Gasteiger partial charge in [0.1, 0.15) is 0 Å². The maximum Gasteiger partial charge on any atom is 0.0978 e. The molecule has 0 aromatic heterocycles. The predicted molar refractivity (Wildman–Crippen MR) is 98.3 cm³/mol. The average molecular weight is 445 g/mol. The van der Waals surface area contributed by atoms with Gasteiger partial charge in [-0.2, -0.15) is 0 Å². The third kappa shape index (κ3) is 4.95. The molecule has 1 aromatic carbocycles. The van der Waals surface area contributed by atoms with Crippen LogP contribution in [0, 0.1) is 5.92 Å². The molecule has 1 aliphatic rings. The minimum atomic E-state index is -0.648. The van der Waals surface area contributed by atoms with Crippen molar-refractivity contribution in [3.63, 3.8) is 0 Å². The van der Waals surface area contributed by atoms with Gasteiger partial charge in [-0.15, -0.1) is 0 Å². The molecule has 0 saturated heterocycles. The van der Waals surface area contributed by atoms with Gasteiger partial charge in [-0.05, 0) is 45.1 Å². The van der Waals surface area contributed by atoms with Crippen molar-refractivity contribution in [1.82, 2.24) is 0 Å². The summed E-state index contributed by atoms with van der Waals surface area (Å²) in [6.07, 6.45) is 7.12. The van der Waals surface area contributed by atoms with Gasteiger partial charge in [0.2, 0.25) is 0 Å². The minimum Gasteiger partial charge on any atom is -1.00 e. The number of hydrogen-bond donors (Lipinski definition) is 1. The van der Waals surface area contributed by atoms with Crippen molar-refractivity contribution >= 4 is 0 Å². The summed E-state index contributed by atoms with van der Waals surface area (Å²) >= 11 is 0. The van der Waals surface area contributed by atoms with Gasteiger partial charge in [0.15, 0.2) is 0 Å². The number of quaternary nitrogens is 1. The van der Waals surface area contributed by atoms with Crippen LogP contribution >= 0.6 is 0 Å². The van der Waals surface area contributed by atoms with Crippen LogP contribution in [0.1, 0.15) is 64.9 Å². The number of hydrogen-bond acceptors (Lipinski definition) is 1. The SMILES string of the molecule is CC[N+](CC)(CC)CCC(O)(c1ccccc1)C1CCCCC1.[I-]. The Morgan fingerprint density at radius 2 is 1.50 bits per heavy atom. The molecule has 138 valence electrons. The van der Waals surface area contributed by atoms with Gasteiger partial charge in [0.25, 0.3) is 0 Å². The molecular formula is C21H36INO. The van der Waals surface area contributed by atoms with Crippen molar-refractivity contribution in [3.05, 3.63) is 35.9 Å². The topological polar surface area (TPSA) is 20.2 Å². The lowest BCUT2D eigenvalue weighted by atomic mass is 9.71. The van der Waals surface area contributed by atoms with Crippen molar-refractivity contribution in [3.8, 4) is 0 Å². The first-order chi connectivity index (χ1) is 11.1. The Bertz CT molecular complexity index is 446. The van der Waals surface area contributed by atoms with Crippen LogP contribution in [0.15, 0.2) is 30.3 Å². The van der Waals surface area contributed by atoms with Crippen LogP contribution in [0.2, 0.25) is 0 Å². The van der Waals surface area contributed by atoms with Gasteiger partial charge in [-0.3, -0.25) is 0 Å². The Hall–Kier alpha value is -0.130. The molecule has 1 aliphatic carbocycles. The highest BCUT2D eigenvalue weighted by molar-refractivity contribution is 5.23. The molecule has 2 nitrogen and oxygen atoms in total. The van der Waals surface area contributed by atoms with E-state index in [1.54, 1.807) is 0 Å². The number of nitrogens with zero attached hydrogens (tertiary/aromatic N) is 1. The number of rotatable bonds is 8. The summed E-state index contributed by atoms with van der Waals surface area (Å²) in [6, 6.07) is 10.5. The molecule has 0 amide bonds. The minimum absolute atomic E-state index is 0. The van der Waals surface area contributed by atoms with Crippen LogP contribution in [0.25, 0.3) is 0 Å². The van der Waals surface area contributed by atoms with E-state index in [4.69, 9.17) is 0 Å². The van der Waals surface area contributed by atoms with Gasteiger partial charge in [0, 0.05) is 6.42 Å². The lowest BCUT2D eigenvalue weighted by Gasteiger charge is -2.43. The largest absolute Gasteiger partial charge is 1.00 e. The van der Waals surface area contributed by atoms with Crippen molar-refractivity contribution < 1.29 is 33.6 Å². The Balaban J connectivity index is 0.00000288. The van der Waals surface area contributed by atoms with Crippen molar-refractivity contribution in [2.24, 2.45) is 5.92 Å². The van der Waals surface area contributed by atoms with E-state index in [9.17, 15) is 5.11 Å². The van der Waals surface area contributed by atoms with Crippen LogP contribution in [0.3, 0.4) is 0 Å². The number of benzene rings is 1. The molecule has 1 aromatic rings. The summed E-state index contributed by atoms with van der Waals surface area (Å²) in [4.78, 5) is 0. The standard InChI is InChI=1S/C21H36NO.HI/c1-4-22(5-2,6-3)18-17-21(23,19-13-9-7-10-14-19)20-15-11-8-12-16-20;/h7,9-10,13-14,20,23H,4-6,8,11-12,15-18H2,1-3H3;1H/q+1;/p-1. The summed E-state index contributed by atoms with van der Waals surface area (Å²) in [5.74, 6) is 0.422. The second kappa shape index (κ2) is 10.1. The summed E-state index contributed by atoms with van der Waals surface area (Å²) in [5, 5.41) is 11.7. The molecule has 1 unspecified atom stereocenters. The molecular weight excluding hydrogens is 409 g/mol. The highest BCUT2D eigenvalue weighted by Crippen LogP contribution is 2.42. The lowest BCUT2D eigenvalue weighted by molar-refractivity contribution is -0.924. The zero-order chi connectivity index (χ0) is 16.8. The van der Waals surface area contributed by atoms with Crippen molar-refractivity contribution in [2.75, 3.05) is 26.2 Å². The predicted octanol–water partition coefficient (Wildman–Crippen LogP) is 1.73. The molecule has 0 bridgehead atoms. The van der Waals surface area contributed by atoms with Crippen LogP contribution in [-0.4, -0.2) is 35.8 Å². The van der Waals surface area contributed by atoms with Gasteiger partial charge < -0.3 is 33.6 Å². The van der Waals surface area contributed by atoms with E-state index in [-0.39, 0.29) is 24.0 Å². The van der Waals surface area contributed by atoms with Crippen LogP contribution in [0.5, 0.6) is 0 Å². The average Bonchev–Trinajstić information content (AvgIpc) is 2.64. The fourth-order valence-electron chi connectivity index (χ4n) is 4.44. The molecule has 1 atom stereocenters. The first kappa shape index (κ1) is 21.9. The van der Waals surface area contributed by atoms with Gasteiger partial charge in [-0.1, -0.05) is 49.6 Å². The molecule has 0 heterocycles. The smallest absolute Gasteiger partial charge is 0.0978 e. The van der Waals surface area contributed by atoms with Gasteiger partial charge in [-0.25, -0.2) is 0 Å². The molecule has 2 rings (SSSR count). The molecule has 0 spiro atoms. The normalized spacial score (nSPS) is 18.7. The second-order valence-corrected chi connectivity index (χ2v) is 7.39. The molecule has 24 heavy (non-hydrogen) atoms. The third-order valence-corrected chi connectivity index (χ3v) is 6.53. The maximum absolute atomic E-state index is 11.7. The Labute approximate surface area is 166 Å². The van der Waals surface area contributed by atoms with Crippen molar-refractivity contribution in [1.29, 1.82) is 0 Å². The quantitative estimate of drug-likeness (QED) is 0.478. The van der Waals surface area contributed by atoms with E-state index in [1.165, 1.54) is 32.1 Å². The fourth-order valence-corrected chi connectivity index (χ4v) is 4.44. The molecule has 3 heteroatoms. The van der Waals surface area contributed by atoms with E-state index >= 15 is 0 Å². The van der Waals surface area contributed by atoms with Crippen LogP contribution < -0.4 is 24.0 Å². The van der Waals surface area contributed by atoms with Crippen LogP contribution in [0.4, 0.5) is 0 Å². The summed E-state index contributed by atoms with van der Waals surface area (Å²) < 4.78 is 1.11. The van der Waals surface area contributed by atoms with Crippen molar-refractivity contribution in [2.45, 2.75) is 64.9 Å². The van der Waals surface area contributed by atoms with Crippen LogP contribution in [-0.2, 0) is 5.60 Å². The maximum atomic E-state index is 11.7. The highest BCUT2D eigenvalue weighted by Gasteiger charge is 2.40. The Kier molecular flexibility index (Phi) is 9.24. The Morgan fingerprint density at radius 1 is 0.958 bits per heavy atom. The first-order valence-corrected chi connectivity index (χ1v) is 9.73. The van der Waals surface area contributed by atoms with Gasteiger partial charge >= 0.3 is 0 Å². The molecule has 1 saturated carbocycles. The molecule has 0 aliphatic heterocycles. The number of halogens is 1. The summed E-state index contributed by atoms with van der Waals surface area (Å²) in [5.41, 5.74) is 0.485. The van der Waals surface area contributed by atoms with Gasteiger partial charge in [0.05, 0.1) is 31.8 Å². The number of aliphatic hydroxyl groups is 1. The highest BCUT2D eigenvalue weighted by atomic mass is 127. The summed E-state index contributed by atoms with van der Waals surface area (Å²) in [7, 11) is 0. The monoisotopic (exact) mass is 445 g/mol. The third-order valence-electron chi connectivity index (χ3n) is 6.53. The molecule has 0 radical (unpaired) electrons. The van der Waals surface area contributed by atoms with E-state index in [0.717, 1.165) is 42.6 Å². The first-order valence-electron chi connectivity index (χ1n) is 9.73.